The highest BCUT2D eigenvalue weighted by Gasteiger charge is 2.38. The summed E-state index contributed by atoms with van der Waals surface area (Å²) in [6, 6.07) is 4.86. The highest BCUT2D eigenvalue weighted by molar-refractivity contribution is 7.15. The lowest BCUT2D eigenvalue weighted by atomic mass is 10.1. The van der Waals surface area contributed by atoms with Gasteiger partial charge >= 0.3 is 6.03 Å². The first kappa shape index (κ1) is 19.9. The van der Waals surface area contributed by atoms with Gasteiger partial charge in [0.05, 0.1) is 38.1 Å². The monoisotopic (exact) mass is 437 g/mol. The number of carbonyl (C=O) groups is 2. The molecular formula is C21H23N7O2S. The summed E-state index contributed by atoms with van der Waals surface area (Å²) in [5.41, 5.74) is 10.1. The maximum atomic E-state index is 13.7. The number of piperazine rings is 1. The first-order chi connectivity index (χ1) is 14.9. The van der Waals surface area contributed by atoms with E-state index in [1.54, 1.807) is 6.07 Å². The molecule has 2 aliphatic rings. The van der Waals surface area contributed by atoms with Gasteiger partial charge in [-0.05, 0) is 27.0 Å². The molecule has 3 N–H and O–H groups in total. The molecule has 9 nitrogen and oxygen atoms in total. The lowest BCUT2D eigenvalue weighted by Crippen LogP contribution is -2.56. The second-order valence-corrected chi connectivity index (χ2v) is 9.11. The molecule has 1 aliphatic heterocycles. The smallest absolute Gasteiger partial charge is 0.334 e. The third-order valence-electron chi connectivity index (χ3n) is 5.85. The second kappa shape index (κ2) is 7.26. The van der Waals surface area contributed by atoms with E-state index in [9.17, 15) is 9.59 Å². The number of benzene rings is 1. The van der Waals surface area contributed by atoms with Gasteiger partial charge in [-0.25, -0.2) is 19.8 Å². The van der Waals surface area contributed by atoms with Crippen LogP contribution in [0.25, 0.3) is 21.8 Å². The van der Waals surface area contributed by atoms with Crippen LogP contribution in [0.2, 0.25) is 0 Å². The van der Waals surface area contributed by atoms with E-state index in [4.69, 9.17) is 5.73 Å². The van der Waals surface area contributed by atoms with Crippen LogP contribution in [0.15, 0.2) is 18.2 Å². The number of nitrogens with one attached hydrogen (secondary N) is 1. The fraction of sp³-hybridized carbons (Fsp3) is 0.333. The maximum Gasteiger partial charge on any atom is 0.334 e. The SMILES string of the molecule is Cc1nc(C)c(-c2[nH]nc3c2C(=O)c2c-3cccc2N(C(N)=O)N2CCN(C)CC2)s1. The second-order valence-electron chi connectivity index (χ2n) is 7.91. The Morgan fingerprint density at radius 3 is 2.58 bits per heavy atom. The molecule has 31 heavy (non-hydrogen) atoms. The standard InChI is InChI=1S/C21H23N7O2S/c1-11-20(31-12(2)23-11)18-16-17(24-25-18)13-5-4-6-14(15(13)19(16)29)28(21(22)30)27-9-7-26(3)8-10-27/h4-6H,7-10H2,1-3H3,(H2,22,30)(H,24,25). The number of rotatable bonds is 3. The number of fused-ring (bicyclic) bond motifs is 3. The summed E-state index contributed by atoms with van der Waals surface area (Å²) in [5.74, 6) is -0.157. The zero-order chi connectivity index (χ0) is 21.9. The normalized spacial score (nSPS) is 16.4. The van der Waals surface area contributed by atoms with Crippen molar-refractivity contribution in [3.05, 3.63) is 40.0 Å². The Kier molecular flexibility index (Phi) is 4.65. The van der Waals surface area contributed by atoms with E-state index in [1.807, 2.05) is 38.0 Å². The van der Waals surface area contributed by atoms with Gasteiger partial charge in [0.25, 0.3) is 0 Å². The number of thiazole rings is 1. The molecule has 0 bridgehead atoms. The molecule has 3 aromatic rings. The first-order valence-corrected chi connectivity index (χ1v) is 10.9. The summed E-state index contributed by atoms with van der Waals surface area (Å²) in [5, 5.41) is 11.8. The fourth-order valence-electron chi connectivity index (χ4n) is 4.37. The number of aromatic amines is 1. The minimum Gasteiger partial charge on any atom is -0.350 e. The van der Waals surface area contributed by atoms with Crippen LogP contribution >= 0.6 is 11.3 Å². The Bertz CT molecular complexity index is 1210. The van der Waals surface area contributed by atoms with E-state index < -0.39 is 6.03 Å². The number of H-pyrrole nitrogens is 1. The van der Waals surface area contributed by atoms with Gasteiger partial charge in [0.2, 0.25) is 0 Å². The Hall–Kier alpha value is -3.08. The fourth-order valence-corrected chi connectivity index (χ4v) is 5.29. The maximum absolute atomic E-state index is 13.7. The van der Waals surface area contributed by atoms with E-state index >= 15 is 0 Å². The molecule has 0 spiro atoms. The number of ketones is 1. The number of hydrogen-bond acceptors (Lipinski definition) is 7. The molecule has 160 valence electrons. The van der Waals surface area contributed by atoms with Gasteiger partial charge in [-0.1, -0.05) is 12.1 Å². The average molecular weight is 438 g/mol. The van der Waals surface area contributed by atoms with Crippen molar-refractivity contribution in [2.45, 2.75) is 13.8 Å². The van der Waals surface area contributed by atoms with Crippen LogP contribution < -0.4 is 10.7 Å². The Morgan fingerprint density at radius 1 is 1.19 bits per heavy atom. The van der Waals surface area contributed by atoms with Crippen LogP contribution in [-0.2, 0) is 0 Å². The molecule has 0 saturated carbocycles. The minimum atomic E-state index is -0.606. The van der Waals surface area contributed by atoms with Crippen LogP contribution in [-0.4, -0.2) is 70.1 Å². The summed E-state index contributed by atoms with van der Waals surface area (Å²) < 4.78 is 0. The Labute approximate surface area is 183 Å². The van der Waals surface area contributed by atoms with Crippen LogP contribution in [0, 0.1) is 13.8 Å². The van der Waals surface area contributed by atoms with Gasteiger partial charge in [0.15, 0.2) is 5.78 Å². The van der Waals surface area contributed by atoms with Gasteiger partial charge in [-0.2, -0.15) is 5.10 Å². The number of hydrazine groups is 1. The van der Waals surface area contributed by atoms with Crippen LogP contribution in [0.3, 0.4) is 0 Å². The Morgan fingerprint density at radius 2 is 1.94 bits per heavy atom. The molecule has 3 heterocycles. The molecule has 5 rings (SSSR count). The van der Waals surface area contributed by atoms with E-state index in [1.165, 1.54) is 16.3 Å². The number of urea groups is 1. The molecule has 0 radical (unpaired) electrons. The molecule has 1 aromatic carbocycles. The summed E-state index contributed by atoms with van der Waals surface area (Å²) in [7, 11) is 2.04. The minimum absolute atomic E-state index is 0.157. The molecular weight excluding hydrogens is 414 g/mol. The molecule has 0 atom stereocenters. The van der Waals surface area contributed by atoms with E-state index in [0.29, 0.717) is 46.9 Å². The van der Waals surface area contributed by atoms with E-state index in [-0.39, 0.29) is 5.78 Å². The van der Waals surface area contributed by atoms with Crippen molar-refractivity contribution in [2.75, 3.05) is 38.2 Å². The van der Waals surface area contributed by atoms with E-state index in [0.717, 1.165) is 28.7 Å². The summed E-state index contributed by atoms with van der Waals surface area (Å²) >= 11 is 1.53. The number of primary amides is 1. The molecule has 1 saturated heterocycles. The van der Waals surface area contributed by atoms with Gasteiger partial charge < -0.3 is 10.6 Å². The number of anilines is 1. The van der Waals surface area contributed by atoms with Crippen molar-refractivity contribution in [1.29, 1.82) is 0 Å². The zero-order valence-corrected chi connectivity index (χ0v) is 18.4. The molecule has 2 aromatic heterocycles. The lowest BCUT2D eigenvalue weighted by Gasteiger charge is -2.39. The third kappa shape index (κ3) is 3.06. The number of amides is 2. The van der Waals surface area contributed by atoms with Crippen molar-refractivity contribution in [3.8, 4) is 21.8 Å². The number of nitrogens with two attached hydrogens (primary N) is 1. The van der Waals surface area contributed by atoms with Gasteiger partial charge in [0, 0.05) is 31.7 Å². The summed E-state index contributed by atoms with van der Waals surface area (Å²) in [6.07, 6.45) is 0. The van der Waals surface area contributed by atoms with Crippen LogP contribution in [0.4, 0.5) is 10.5 Å². The molecule has 0 unspecified atom stereocenters. The van der Waals surface area contributed by atoms with Crippen LogP contribution in [0.5, 0.6) is 0 Å². The van der Waals surface area contributed by atoms with Crippen LogP contribution in [0.1, 0.15) is 26.6 Å². The largest absolute Gasteiger partial charge is 0.350 e. The van der Waals surface area contributed by atoms with Gasteiger partial charge in [-0.15, -0.1) is 11.3 Å². The number of carbonyl (C=O) groups excluding carboxylic acids is 2. The quantitative estimate of drug-likeness (QED) is 0.509. The average Bonchev–Trinajstić information content (AvgIpc) is 3.38. The van der Waals surface area contributed by atoms with Gasteiger partial charge in [0.1, 0.15) is 5.69 Å². The topological polar surface area (TPSA) is 111 Å². The summed E-state index contributed by atoms with van der Waals surface area (Å²) in [6.45, 7) is 6.77. The number of aromatic nitrogens is 3. The first-order valence-electron chi connectivity index (χ1n) is 10.1. The zero-order valence-electron chi connectivity index (χ0n) is 17.6. The molecule has 1 aliphatic carbocycles. The molecule has 10 heteroatoms. The number of aryl methyl sites for hydroxylation is 2. The lowest BCUT2D eigenvalue weighted by molar-refractivity contribution is 0.104. The predicted molar refractivity (Wildman–Crippen MR) is 119 cm³/mol. The summed E-state index contributed by atoms with van der Waals surface area (Å²) in [4.78, 5) is 33.7. The Balaban J connectivity index is 1.61. The third-order valence-corrected chi connectivity index (χ3v) is 6.94. The van der Waals surface area contributed by atoms with Crippen molar-refractivity contribution in [3.63, 3.8) is 0 Å². The van der Waals surface area contributed by atoms with E-state index in [2.05, 4.69) is 20.1 Å². The highest BCUT2D eigenvalue weighted by Crippen LogP contribution is 2.45. The van der Waals surface area contributed by atoms with Crippen molar-refractivity contribution in [1.82, 2.24) is 25.1 Å². The highest BCUT2D eigenvalue weighted by atomic mass is 32.1. The van der Waals surface area contributed by atoms with Crippen molar-refractivity contribution >= 4 is 28.8 Å². The van der Waals surface area contributed by atoms with Crippen molar-refractivity contribution in [2.24, 2.45) is 5.73 Å². The van der Waals surface area contributed by atoms with Gasteiger partial charge in [-0.3, -0.25) is 9.89 Å². The number of likely N-dealkylation sites (N-methyl/N-ethyl adjacent to an activating group) is 1. The van der Waals surface area contributed by atoms with Crippen molar-refractivity contribution < 1.29 is 9.59 Å². The molecule has 2 amide bonds. The molecule has 1 fully saturated rings. The number of hydrogen-bond donors (Lipinski definition) is 2. The predicted octanol–water partition coefficient (Wildman–Crippen LogP) is 2.41. The number of nitrogens with zero attached hydrogens (tertiary/aromatic N) is 5.